The van der Waals surface area contributed by atoms with Crippen molar-refractivity contribution >= 4 is 9.84 Å². The minimum Gasteiger partial charge on any atom is -0.383 e. The summed E-state index contributed by atoms with van der Waals surface area (Å²) in [5, 5.41) is 0. The fourth-order valence-electron chi connectivity index (χ4n) is 3.49. The lowest BCUT2D eigenvalue weighted by Gasteiger charge is -2.32. The summed E-state index contributed by atoms with van der Waals surface area (Å²) in [6, 6.07) is 0. The molecule has 0 aromatic rings. The smallest absolute Gasteiger partial charge is 0.150 e. The summed E-state index contributed by atoms with van der Waals surface area (Å²) in [7, 11) is -1.07. The molecular formula is C16H29NO3S. The molecule has 5 heteroatoms. The van der Waals surface area contributed by atoms with E-state index in [0.717, 1.165) is 45.5 Å². The molecule has 2 aliphatic rings. The molecular weight excluding hydrogens is 286 g/mol. The molecule has 0 aromatic heterocycles. The van der Waals surface area contributed by atoms with Crippen LogP contribution in [-0.4, -0.2) is 58.2 Å². The van der Waals surface area contributed by atoms with E-state index in [2.05, 4.69) is 17.1 Å². The van der Waals surface area contributed by atoms with Crippen molar-refractivity contribution in [1.29, 1.82) is 0 Å². The summed E-state index contributed by atoms with van der Waals surface area (Å²) in [5.74, 6) is 1.78. The van der Waals surface area contributed by atoms with Crippen LogP contribution in [0.15, 0.2) is 12.2 Å². The second kappa shape index (κ2) is 8.30. The minimum atomic E-state index is -2.80. The molecule has 0 spiro atoms. The van der Waals surface area contributed by atoms with Gasteiger partial charge in [-0.25, -0.2) is 8.42 Å². The van der Waals surface area contributed by atoms with Crippen LogP contribution in [0.3, 0.4) is 0 Å². The number of allylic oxidation sites excluding steroid dienone is 2. The molecule has 1 heterocycles. The van der Waals surface area contributed by atoms with Crippen LogP contribution in [0, 0.1) is 11.8 Å². The number of hydrogen-bond acceptors (Lipinski definition) is 4. The zero-order chi connectivity index (χ0) is 15.1. The van der Waals surface area contributed by atoms with E-state index >= 15 is 0 Å². The highest BCUT2D eigenvalue weighted by Gasteiger charge is 2.27. The van der Waals surface area contributed by atoms with Crippen molar-refractivity contribution in [1.82, 2.24) is 4.90 Å². The van der Waals surface area contributed by atoms with E-state index in [4.69, 9.17) is 4.74 Å². The van der Waals surface area contributed by atoms with E-state index in [0.29, 0.717) is 23.3 Å². The first-order chi connectivity index (χ1) is 10.1. The first-order valence-corrected chi connectivity index (χ1v) is 9.98. The van der Waals surface area contributed by atoms with Crippen molar-refractivity contribution in [2.24, 2.45) is 11.8 Å². The Hall–Kier alpha value is -0.390. The Bertz CT molecular complexity index is 433. The van der Waals surface area contributed by atoms with Crippen molar-refractivity contribution in [3.63, 3.8) is 0 Å². The van der Waals surface area contributed by atoms with Gasteiger partial charge in [-0.2, -0.15) is 0 Å². The number of sulfone groups is 1. The number of rotatable bonds is 7. The van der Waals surface area contributed by atoms with Crippen molar-refractivity contribution < 1.29 is 13.2 Å². The third-order valence-electron chi connectivity index (χ3n) is 4.58. The van der Waals surface area contributed by atoms with Gasteiger partial charge in [0.05, 0.1) is 18.1 Å². The lowest BCUT2D eigenvalue weighted by atomic mass is 9.93. The number of hydrogen-bond donors (Lipinski definition) is 0. The zero-order valence-electron chi connectivity index (χ0n) is 13.2. The minimum absolute atomic E-state index is 0.305. The Kier molecular flexibility index (Phi) is 6.71. The quantitative estimate of drug-likeness (QED) is 0.675. The number of methoxy groups -OCH3 is 1. The van der Waals surface area contributed by atoms with E-state index in [9.17, 15) is 8.42 Å². The molecule has 1 fully saturated rings. The van der Waals surface area contributed by atoms with Gasteiger partial charge < -0.3 is 9.64 Å². The highest BCUT2D eigenvalue weighted by Crippen LogP contribution is 2.23. The Labute approximate surface area is 129 Å². The average molecular weight is 315 g/mol. The van der Waals surface area contributed by atoms with Crippen LogP contribution < -0.4 is 0 Å². The molecule has 2 atom stereocenters. The van der Waals surface area contributed by atoms with E-state index in [1.165, 1.54) is 12.8 Å². The monoisotopic (exact) mass is 315 g/mol. The fourth-order valence-corrected chi connectivity index (χ4v) is 5.26. The summed E-state index contributed by atoms with van der Waals surface area (Å²) in [6.45, 7) is 3.61. The van der Waals surface area contributed by atoms with Gasteiger partial charge in [0.1, 0.15) is 0 Å². The van der Waals surface area contributed by atoms with Gasteiger partial charge in [0.2, 0.25) is 0 Å². The van der Waals surface area contributed by atoms with Crippen molar-refractivity contribution in [2.45, 2.75) is 32.1 Å². The van der Waals surface area contributed by atoms with E-state index < -0.39 is 9.84 Å². The summed E-state index contributed by atoms with van der Waals surface area (Å²) in [4.78, 5) is 2.43. The Morgan fingerprint density at radius 1 is 1.19 bits per heavy atom. The third-order valence-corrected chi connectivity index (χ3v) is 6.47. The van der Waals surface area contributed by atoms with Gasteiger partial charge in [0, 0.05) is 26.7 Å². The van der Waals surface area contributed by atoms with Crippen LogP contribution in [0.4, 0.5) is 0 Å². The molecule has 2 rings (SSSR count). The van der Waals surface area contributed by atoms with Gasteiger partial charge in [-0.15, -0.1) is 0 Å². The lowest BCUT2D eigenvalue weighted by Crippen LogP contribution is -2.40. The molecule has 21 heavy (non-hydrogen) atoms. The molecule has 1 aliphatic heterocycles. The van der Waals surface area contributed by atoms with Gasteiger partial charge >= 0.3 is 0 Å². The molecule has 0 amide bonds. The molecule has 1 saturated heterocycles. The normalized spacial score (nSPS) is 28.9. The second-order valence-corrected chi connectivity index (χ2v) is 8.75. The van der Waals surface area contributed by atoms with Crippen LogP contribution in [0.2, 0.25) is 0 Å². The predicted molar refractivity (Wildman–Crippen MR) is 86.2 cm³/mol. The van der Waals surface area contributed by atoms with Gasteiger partial charge in [0.15, 0.2) is 9.84 Å². The van der Waals surface area contributed by atoms with Gasteiger partial charge in [-0.1, -0.05) is 12.2 Å². The molecule has 1 aliphatic carbocycles. The summed E-state index contributed by atoms with van der Waals surface area (Å²) < 4.78 is 28.8. The topological polar surface area (TPSA) is 46.6 Å². The van der Waals surface area contributed by atoms with Crippen molar-refractivity contribution in [2.75, 3.05) is 44.9 Å². The first-order valence-electron chi connectivity index (χ1n) is 8.16. The number of ether oxygens (including phenoxy) is 1. The zero-order valence-corrected chi connectivity index (χ0v) is 14.0. The molecule has 0 saturated carbocycles. The van der Waals surface area contributed by atoms with Crippen molar-refractivity contribution in [3.8, 4) is 0 Å². The standard InChI is InChI=1S/C16H29NO3S/c1-20-10-9-17(12-15-6-3-2-4-7-15)13-16-8-5-11-21(18,19)14-16/h2-3,15-16H,4-14H2,1H3/t15-,16-/m0/s1. The molecule has 0 radical (unpaired) electrons. The second-order valence-electron chi connectivity index (χ2n) is 6.53. The number of nitrogens with zero attached hydrogens (tertiary/aromatic N) is 1. The summed E-state index contributed by atoms with van der Waals surface area (Å²) in [6.07, 6.45) is 10.0. The SMILES string of the molecule is COCCN(C[C@H]1CC=CCC1)C[C@@H]1CCCS(=O)(=O)C1. The van der Waals surface area contributed by atoms with E-state index in [1.807, 2.05) is 0 Å². The molecule has 0 unspecified atom stereocenters. The van der Waals surface area contributed by atoms with Crippen LogP contribution in [0.25, 0.3) is 0 Å². The van der Waals surface area contributed by atoms with Gasteiger partial charge in [-0.3, -0.25) is 0 Å². The third kappa shape index (κ3) is 6.09. The average Bonchev–Trinajstić information content (AvgIpc) is 2.45. The van der Waals surface area contributed by atoms with Crippen LogP contribution in [0.1, 0.15) is 32.1 Å². The fraction of sp³-hybridized carbons (Fsp3) is 0.875. The first kappa shape index (κ1) is 17.0. The molecule has 0 bridgehead atoms. The van der Waals surface area contributed by atoms with Crippen LogP contribution in [0.5, 0.6) is 0 Å². The summed E-state index contributed by atoms with van der Waals surface area (Å²) in [5.41, 5.74) is 0. The van der Waals surface area contributed by atoms with Crippen molar-refractivity contribution in [3.05, 3.63) is 12.2 Å². The molecule has 0 aromatic carbocycles. The summed E-state index contributed by atoms with van der Waals surface area (Å²) >= 11 is 0. The maximum Gasteiger partial charge on any atom is 0.150 e. The maximum atomic E-state index is 11.8. The van der Waals surface area contributed by atoms with Gasteiger partial charge in [-0.05, 0) is 43.9 Å². The Morgan fingerprint density at radius 3 is 2.67 bits per heavy atom. The Balaban J connectivity index is 1.87. The van der Waals surface area contributed by atoms with Gasteiger partial charge in [0.25, 0.3) is 0 Å². The highest BCUT2D eigenvalue weighted by atomic mass is 32.2. The predicted octanol–water partition coefficient (Wildman–Crippen LogP) is 2.12. The molecule has 0 N–H and O–H groups in total. The van der Waals surface area contributed by atoms with E-state index in [1.54, 1.807) is 7.11 Å². The van der Waals surface area contributed by atoms with Crippen LogP contribution in [-0.2, 0) is 14.6 Å². The molecule has 4 nitrogen and oxygen atoms in total. The largest absolute Gasteiger partial charge is 0.383 e. The lowest BCUT2D eigenvalue weighted by molar-refractivity contribution is 0.123. The van der Waals surface area contributed by atoms with E-state index in [-0.39, 0.29) is 0 Å². The molecule has 122 valence electrons. The maximum absolute atomic E-state index is 11.8. The Morgan fingerprint density at radius 2 is 2.00 bits per heavy atom. The highest BCUT2D eigenvalue weighted by molar-refractivity contribution is 7.91. The van der Waals surface area contributed by atoms with Crippen LogP contribution >= 0.6 is 0 Å².